The fourth-order valence-corrected chi connectivity index (χ4v) is 4.74. The van der Waals surface area contributed by atoms with Crippen molar-refractivity contribution in [2.75, 3.05) is 13.2 Å². The number of carbonyl (C=O) groups excluding carboxylic acids is 1. The van der Waals surface area contributed by atoms with Crippen LogP contribution in [0.25, 0.3) is 16.5 Å². The molecule has 1 N–H and O–H groups in total. The molecule has 0 aliphatic carbocycles. The first-order chi connectivity index (χ1) is 16.2. The summed E-state index contributed by atoms with van der Waals surface area (Å²) in [6, 6.07) is 24.2. The number of nitrogens with zero attached hydrogens (tertiary/aromatic N) is 3. The molecule has 2 aromatic heterocycles. The molecule has 6 nitrogen and oxygen atoms in total. The van der Waals surface area contributed by atoms with Crippen LogP contribution >= 0.6 is 12.2 Å². The Morgan fingerprint density at radius 2 is 1.88 bits per heavy atom. The number of fused-ring (bicyclic) bond motifs is 1. The second-order valence-electron chi connectivity index (χ2n) is 7.89. The van der Waals surface area contributed by atoms with Gasteiger partial charge in [-0.15, -0.1) is 0 Å². The average Bonchev–Trinajstić information content (AvgIpc) is 3.44. The number of rotatable bonds is 6. The molecule has 7 heteroatoms. The summed E-state index contributed by atoms with van der Waals surface area (Å²) in [6.07, 6.45) is 3.81. The summed E-state index contributed by atoms with van der Waals surface area (Å²) in [4.78, 5) is 18.9. The van der Waals surface area contributed by atoms with E-state index in [-0.39, 0.29) is 24.6 Å². The maximum absolute atomic E-state index is 12.4. The van der Waals surface area contributed by atoms with Gasteiger partial charge in [0.05, 0.1) is 24.4 Å². The monoisotopic (exact) mass is 456 g/mol. The molecule has 1 fully saturated rings. The lowest BCUT2D eigenvalue weighted by Gasteiger charge is -2.28. The van der Waals surface area contributed by atoms with Gasteiger partial charge in [0.25, 0.3) is 0 Å². The molecule has 0 saturated carbocycles. The van der Waals surface area contributed by atoms with Crippen molar-refractivity contribution in [1.29, 1.82) is 0 Å². The number of pyridine rings is 1. The van der Waals surface area contributed by atoms with E-state index in [4.69, 9.17) is 17.0 Å². The average molecular weight is 457 g/mol. The van der Waals surface area contributed by atoms with Crippen LogP contribution in [-0.2, 0) is 9.53 Å². The number of aromatic nitrogens is 2. The Labute approximate surface area is 197 Å². The first-order valence-electron chi connectivity index (χ1n) is 11.0. The van der Waals surface area contributed by atoms with E-state index in [1.54, 1.807) is 13.1 Å². The lowest BCUT2D eigenvalue weighted by molar-refractivity contribution is -0.143. The maximum atomic E-state index is 12.4. The molecule has 0 amide bonds. The zero-order valence-electron chi connectivity index (χ0n) is 18.2. The van der Waals surface area contributed by atoms with Crippen LogP contribution in [0.15, 0.2) is 85.2 Å². The van der Waals surface area contributed by atoms with Crippen molar-refractivity contribution < 1.29 is 9.53 Å². The zero-order chi connectivity index (χ0) is 22.8. The number of ether oxygens (including phenoxy) is 1. The Hall–Kier alpha value is -3.71. The lowest BCUT2D eigenvalue weighted by Crippen LogP contribution is -2.36. The van der Waals surface area contributed by atoms with E-state index in [0.717, 1.165) is 17.1 Å². The maximum Gasteiger partial charge on any atom is 0.325 e. The van der Waals surface area contributed by atoms with E-state index in [2.05, 4.69) is 51.3 Å². The first kappa shape index (κ1) is 21.2. The number of hydrogen-bond donors (Lipinski definition) is 1. The van der Waals surface area contributed by atoms with Crippen LogP contribution in [0.1, 0.15) is 30.4 Å². The third-order valence-corrected chi connectivity index (χ3v) is 6.25. The minimum absolute atomic E-state index is 0.0660. The fraction of sp³-hybridized carbons (Fsp3) is 0.192. The molecule has 2 unspecified atom stereocenters. The molecule has 1 saturated heterocycles. The molecule has 1 aliphatic rings. The number of esters is 1. The predicted octanol–water partition coefficient (Wildman–Crippen LogP) is 4.56. The molecule has 2 atom stereocenters. The Balaban J connectivity index is 1.59. The Bertz CT molecular complexity index is 1300. The van der Waals surface area contributed by atoms with Gasteiger partial charge in [-0.1, -0.05) is 36.4 Å². The van der Waals surface area contributed by atoms with Crippen LogP contribution < -0.4 is 5.32 Å². The molecular formula is C26H24N4O2S. The second kappa shape index (κ2) is 9.03. The van der Waals surface area contributed by atoms with Crippen LogP contribution in [0.4, 0.5) is 0 Å². The van der Waals surface area contributed by atoms with Gasteiger partial charge in [0, 0.05) is 23.8 Å². The standard InChI is InChI=1S/C26H24N4O2S/c1-2-32-23(31)17-30-25(24(28-26(30)33)21-10-5-6-14-27-21)22-11-7-15-29(22)20-13-12-18-8-3-4-9-19(18)16-20/h3-16,24-25H,2,17H2,1H3,(H,28,33). The summed E-state index contributed by atoms with van der Waals surface area (Å²) in [7, 11) is 0. The molecule has 3 heterocycles. The summed E-state index contributed by atoms with van der Waals surface area (Å²) in [5.74, 6) is -0.308. The highest BCUT2D eigenvalue weighted by Gasteiger charge is 2.42. The highest BCUT2D eigenvalue weighted by atomic mass is 32.1. The van der Waals surface area contributed by atoms with E-state index in [0.29, 0.717) is 11.7 Å². The van der Waals surface area contributed by atoms with E-state index in [9.17, 15) is 4.79 Å². The molecule has 33 heavy (non-hydrogen) atoms. The van der Waals surface area contributed by atoms with Gasteiger partial charge in [0.2, 0.25) is 0 Å². The van der Waals surface area contributed by atoms with E-state index < -0.39 is 0 Å². The van der Waals surface area contributed by atoms with Crippen molar-refractivity contribution in [3.05, 3.63) is 96.6 Å². The molecule has 0 spiro atoms. The quantitative estimate of drug-likeness (QED) is 0.339. The largest absolute Gasteiger partial charge is 0.465 e. The van der Waals surface area contributed by atoms with Crippen molar-refractivity contribution in [3.8, 4) is 5.69 Å². The minimum Gasteiger partial charge on any atom is -0.465 e. The highest BCUT2D eigenvalue weighted by molar-refractivity contribution is 7.80. The SMILES string of the molecule is CCOC(=O)CN1C(=S)NC(c2ccccn2)C1c1cccn1-c1ccc2ccccc2c1. The van der Waals surface area contributed by atoms with Crippen LogP contribution in [0, 0.1) is 0 Å². The first-order valence-corrected chi connectivity index (χ1v) is 11.4. The van der Waals surface area contributed by atoms with Gasteiger partial charge < -0.3 is 19.5 Å². The van der Waals surface area contributed by atoms with Crippen LogP contribution in [-0.4, -0.2) is 38.7 Å². The molecular weight excluding hydrogens is 432 g/mol. The molecule has 4 aromatic rings. The van der Waals surface area contributed by atoms with Gasteiger partial charge in [-0.2, -0.15) is 0 Å². The van der Waals surface area contributed by atoms with Crippen molar-refractivity contribution in [2.45, 2.75) is 19.0 Å². The lowest BCUT2D eigenvalue weighted by atomic mass is 10.0. The van der Waals surface area contributed by atoms with E-state index in [1.807, 2.05) is 47.5 Å². The topological polar surface area (TPSA) is 59.4 Å². The third-order valence-electron chi connectivity index (χ3n) is 5.90. The number of nitrogens with one attached hydrogen (secondary N) is 1. The fourth-order valence-electron chi connectivity index (χ4n) is 4.44. The van der Waals surface area contributed by atoms with Gasteiger partial charge in [-0.3, -0.25) is 9.78 Å². The molecule has 5 rings (SSSR count). The van der Waals surface area contributed by atoms with Crippen molar-refractivity contribution in [2.24, 2.45) is 0 Å². The van der Waals surface area contributed by atoms with Crippen LogP contribution in [0.2, 0.25) is 0 Å². The zero-order valence-corrected chi connectivity index (χ0v) is 19.0. The number of hydrogen-bond acceptors (Lipinski definition) is 4. The molecule has 0 bridgehead atoms. The third kappa shape index (κ3) is 4.07. The van der Waals surface area contributed by atoms with Crippen molar-refractivity contribution in [1.82, 2.24) is 19.8 Å². The predicted molar refractivity (Wildman–Crippen MR) is 132 cm³/mol. The highest BCUT2D eigenvalue weighted by Crippen LogP contribution is 2.39. The molecule has 166 valence electrons. The Morgan fingerprint density at radius 1 is 1.06 bits per heavy atom. The second-order valence-corrected chi connectivity index (χ2v) is 8.28. The smallest absolute Gasteiger partial charge is 0.325 e. The molecule has 1 aliphatic heterocycles. The Kier molecular flexibility index (Phi) is 5.79. The van der Waals surface area contributed by atoms with Crippen molar-refractivity contribution >= 4 is 34.1 Å². The number of thiocarbonyl (C=S) groups is 1. The van der Waals surface area contributed by atoms with E-state index >= 15 is 0 Å². The number of carbonyl (C=O) groups is 1. The summed E-state index contributed by atoms with van der Waals surface area (Å²) >= 11 is 5.66. The van der Waals surface area contributed by atoms with Gasteiger partial charge >= 0.3 is 5.97 Å². The van der Waals surface area contributed by atoms with Gasteiger partial charge in [0.15, 0.2) is 5.11 Å². The van der Waals surface area contributed by atoms with Gasteiger partial charge in [-0.25, -0.2) is 0 Å². The summed E-state index contributed by atoms with van der Waals surface area (Å²) < 4.78 is 7.39. The van der Waals surface area contributed by atoms with E-state index in [1.165, 1.54) is 10.8 Å². The van der Waals surface area contributed by atoms with Crippen LogP contribution in [0.3, 0.4) is 0 Å². The molecule has 0 radical (unpaired) electrons. The van der Waals surface area contributed by atoms with Gasteiger partial charge in [-0.05, 0) is 66.3 Å². The number of benzene rings is 2. The summed E-state index contributed by atoms with van der Waals surface area (Å²) in [5.41, 5.74) is 2.92. The minimum atomic E-state index is -0.308. The summed E-state index contributed by atoms with van der Waals surface area (Å²) in [5, 5.41) is 6.25. The summed E-state index contributed by atoms with van der Waals surface area (Å²) in [6.45, 7) is 2.20. The van der Waals surface area contributed by atoms with Gasteiger partial charge in [0.1, 0.15) is 6.54 Å². The Morgan fingerprint density at radius 3 is 2.67 bits per heavy atom. The molecule has 2 aromatic carbocycles. The van der Waals surface area contributed by atoms with Crippen LogP contribution in [0.5, 0.6) is 0 Å². The normalized spacial score (nSPS) is 17.8. The van der Waals surface area contributed by atoms with Crippen molar-refractivity contribution in [3.63, 3.8) is 0 Å².